The van der Waals surface area contributed by atoms with Crippen LogP contribution in [-0.4, -0.2) is 14.2 Å². The SMILES string of the molecule is COc1ccc(C2C(C#N)=C(N)Oc3cc(C)oc(=O)c32)c(OC)c1C. The molecule has 7 heteroatoms. The molecule has 0 saturated heterocycles. The highest BCUT2D eigenvalue weighted by Crippen LogP contribution is 2.45. The number of methoxy groups -OCH3 is 2. The minimum Gasteiger partial charge on any atom is -0.496 e. The number of fused-ring (bicyclic) bond motifs is 1. The molecule has 1 aliphatic heterocycles. The Kier molecular flexibility index (Phi) is 4.34. The minimum atomic E-state index is -0.764. The number of rotatable bonds is 3. The van der Waals surface area contributed by atoms with E-state index in [1.54, 1.807) is 32.2 Å². The topological polar surface area (TPSA) is 108 Å². The largest absolute Gasteiger partial charge is 0.496 e. The Balaban J connectivity index is 2.36. The second-order valence-corrected chi connectivity index (χ2v) is 5.86. The van der Waals surface area contributed by atoms with E-state index in [1.807, 2.05) is 13.0 Å². The van der Waals surface area contributed by atoms with Crippen molar-refractivity contribution in [1.29, 1.82) is 5.26 Å². The molecule has 0 radical (unpaired) electrons. The number of ether oxygens (including phenoxy) is 3. The van der Waals surface area contributed by atoms with Crippen LogP contribution in [0.25, 0.3) is 0 Å². The molecule has 3 rings (SSSR count). The van der Waals surface area contributed by atoms with E-state index in [0.29, 0.717) is 22.8 Å². The molecule has 2 heterocycles. The first-order chi connectivity index (χ1) is 12.4. The lowest BCUT2D eigenvalue weighted by molar-refractivity contribution is 0.365. The number of nitriles is 1. The Hall–Kier alpha value is -3.40. The Bertz CT molecular complexity index is 1010. The zero-order chi connectivity index (χ0) is 19.0. The van der Waals surface area contributed by atoms with Gasteiger partial charge in [0.25, 0.3) is 0 Å². The Morgan fingerprint density at radius 3 is 2.58 bits per heavy atom. The van der Waals surface area contributed by atoms with Gasteiger partial charge in [-0.3, -0.25) is 0 Å². The van der Waals surface area contributed by atoms with Gasteiger partial charge >= 0.3 is 5.63 Å². The third kappa shape index (κ3) is 2.56. The second kappa shape index (κ2) is 6.48. The van der Waals surface area contributed by atoms with E-state index in [9.17, 15) is 10.1 Å². The highest BCUT2D eigenvalue weighted by Gasteiger charge is 2.36. The van der Waals surface area contributed by atoms with Crippen LogP contribution in [0, 0.1) is 25.2 Å². The molecule has 0 amide bonds. The summed E-state index contributed by atoms with van der Waals surface area (Å²) in [4.78, 5) is 12.6. The van der Waals surface area contributed by atoms with Crippen molar-refractivity contribution in [3.63, 3.8) is 0 Å². The zero-order valence-corrected chi connectivity index (χ0v) is 14.9. The fourth-order valence-electron chi connectivity index (χ4n) is 3.24. The molecule has 2 aromatic rings. The highest BCUT2D eigenvalue weighted by atomic mass is 16.5. The maximum absolute atomic E-state index is 12.6. The van der Waals surface area contributed by atoms with Crippen molar-refractivity contribution in [2.24, 2.45) is 5.73 Å². The molecule has 0 fully saturated rings. The van der Waals surface area contributed by atoms with E-state index < -0.39 is 11.5 Å². The molecule has 2 N–H and O–H groups in total. The van der Waals surface area contributed by atoms with Crippen LogP contribution in [0.1, 0.15) is 28.4 Å². The first-order valence-corrected chi connectivity index (χ1v) is 7.86. The standard InChI is InChI=1S/C19H18N2O5/c1-9-7-14-16(19(22)25-9)15(12(8-20)18(21)26-14)11-5-6-13(23-3)10(2)17(11)24-4/h5-7,15H,21H2,1-4H3. The quantitative estimate of drug-likeness (QED) is 0.902. The van der Waals surface area contributed by atoms with Crippen LogP contribution in [0.15, 0.2) is 38.9 Å². The van der Waals surface area contributed by atoms with Gasteiger partial charge in [-0.15, -0.1) is 0 Å². The molecule has 0 spiro atoms. The van der Waals surface area contributed by atoms with Gasteiger partial charge in [-0.1, -0.05) is 6.07 Å². The smallest absolute Gasteiger partial charge is 0.343 e. The predicted molar refractivity (Wildman–Crippen MR) is 93.3 cm³/mol. The lowest BCUT2D eigenvalue weighted by Gasteiger charge is -2.27. The van der Waals surface area contributed by atoms with Crippen LogP contribution in [0.5, 0.6) is 17.2 Å². The molecule has 26 heavy (non-hydrogen) atoms. The van der Waals surface area contributed by atoms with Gasteiger partial charge in [0.05, 0.1) is 25.7 Å². The van der Waals surface area contributed by atoms with Crippen LogP contribution in [0.3, 0.4) is 0 Å². The average molecular weight is 354 g/mol. The minimum absolute atomic E-state index is 0.0504. The number of aryl methyl sites for hydroxylation is 1. The van der Waals surface area contributed by atoms with E-state index >= 15 is 0 Å². The summed E-state index contributed by atoms with van der Waals surface area (Å²) < 4.78 is 21.6. The van der Waals surface area contributed by atoms with E-state index in [2.05, 4.69) is 0 Å². The van der Waals surface area contributed by atoms with Gasteiger partial charge in [0, 0.05) is 17.2 Å². The Labute approximate surface area is 150 Å². The predicted octanol–water partition coefficient (Wildman–Crippen LogP) is 2.49. The van der Waals surface area contributed by atoms with Gasteiger partial charge in [-0.2, -0.15) is 5.26 Å². The molecule has 1 aromatic carbocycles. The van der Waals surface area contributed by atoms with Gasteiger partial charge in [0.2, 0.25) is 5.88 Å². The molecule has 0 aliphatic carbocycles. The molecule has 134 valence electrons. The molecule has 1 aliphatic rings. The van der Waals surface area contributed by atoms with Gasteiger partial charge in [-0.25, -0.2) is 4.79 Å². The molecule has 0 saturated carbocycles. The normalized spacial score (nSPS) is 15.7. The van der Waals surface area contributed by atoms with Crippen molar-refractivity contribution in [1.82, 2.24) is 0 Å². The van der Waals surface area contributed by atoms with Crippen molar-refractivity contribution >= 4 is 0 Å². The summed E-state index contributed by atoms with van der Waals surface area (Å²) in [5.74, 6) is 0.979. The van der Waals surface area contributed by atoms with Crippen molar-refractivity contribution in [2.45, 2.75) is 19.8 Å². The number of benzene rings is 1. The summed E-state index contributed by atoms with van der Waals surface area (Å²) in [5, 5.41) is 9.63. The highest BCUT2D eigenvalue weighted by molar-refractivity contribution is 5.61. The van der Waals surface area contributed by atoms with Crippen molar-refractivity contribution in [3.8, 4) is 23.3 Å². The number of hydrogen-bond acceptors (Lipinski definition) is 7. The number of nitrogens with zero attached hydrogens (tertiary/aromatic N) is 1. The van der Waals surface area contributed by atoms with E-state index in [0.717, 1.165) is 5.56 Å². The molecule has 1 atom stereocenters. The molecule has 1 aromatic heterocycles. The summed E-state index contributed by atoms with van der Waals surface area (Å²) in [5.41, 5.74) is 7.05. The van der Waals surface area contributed by atoms with E-state index in [4.69, 9.17) is 24.4 Å². The van der Waals surface area contributed by atoms with Crippen molar-refractivity contribution < 1.29 is 18.6 Å². The lowest BCUT2D eigenvalue weighted by Crippen LogP contribution is -2.26. The lowest BCUT2D eigenvalue weighted by atomic mass is 9.83. The van der Waals surface area contributed by atoms with Gasteiger partial charge in [-0.05, 0) is 19.9 Å². The molecule has 1 unspecified atom stereocenters. The van der Waals surface area contributed by atoms with Crippen LogP contribution in [0.2, 0.25) is 0 Å². The summed E-state index contributed by atoms with van der Waals surface area (Å²) in [6, 6.07) is 7.12. The fourth-order valence-corrected chi connectivity index (χ4v) is 3.24. The molecular weight excluding hydrogens is 336 g/mol. The van der Waals surface area contributed by atoms with Crippen LogP contribution in [0.4, 0.5) is 0 Å². The van der Waals surface area contributed by atoms with Crippen LogP contribution < -0.4 is 25.6 Å². The average Bonchev–Trinajstić information content (AvgIpc) is 2.60. The summed E-state index contributed by atoms with van der Waals surface area (Å²) in [7, 11) is 3.07. The van der Waals surface area contributed by atoms with Crippen molar-refractivity contribution in [3.05, 3.63) is 62.5 Å². The fraction of sp³-hybridized carbons (Fsp3) is 0.263. The Morgan fingerprint density at radius 2 is 1.96 bits per heavy atom. The monoisotopic (exact) mass is 354 g/mol. The third-order valence-electron chi connectivity index (χ3n) is 4.38. The summed E-state index contributed by atoms with van der Waals surface area (Å²) in [6.07, 6.45) is 0. The Morgan fingerprint density at radius 1 is 1.23 bits per heavy atom. The first kappa shape index (κ1) is 17.4. The first-order valence-electron chi connectivity index (χ1n) is 7.86. The van der Waals surface area contributed by atoms with E-state index in [1.165, 1.54) is 7.11 Å². The maximum Gasteiger partial charge on any atom is 0.343 e. The number of hydrogen-bond donors (Lipinski definition) is 1. The van der Waals surface area contributed by atoms with E-state index in [-0.39, 0.29) is 22.8 Å². The van der Waals surface area contributed by atoms with Gasteiger partial charge in [0.15, 0.2) is 0 Å². The second-order valence-electron chi connectivity index (χ2n) is 5.86. The van der Waals surface area contributed by atoms with Crippen molar-refractivity contribution in [2.75, 3.05) is 14.2 Å². The number of allylic oxidation sites excluding steroid dienone is 1. The maximum atomic E-state index is 12.6. The summed E-state index contributed by atoms with van der Waals surface area (Å²) >= 11 is 0. The number of nitrogens with two attached hydrogens (primary N) is 1. The van der Waals surface area contributed by atoms with Gasteiger partial charge < -0.3 is 24.4 Å². The zero-order valence-electron chi connectivity index (χ0n) is 14.9. The third-order valence-corrected chi connectivity index (χ3v) is 4.38. The molecule has 7 nitrogen and oxygen atoms in total. The summed E-state index contributed by atoms with van der Waals surface area (Å²) in [6.45, 7) is 3.47. The molecule has 0 bridgehead atoms. The molecular formula is C19H18N2O5. The van der Waals surface area contributed by atoms with Crippen LogP contribution >= 0.6 is 0 Å². The van der Waals surface area contributed by atoms with Gasteiger partial charge in [0.1, 0.15) is 34.7 Å². The van der Waals surface area contributed by atoms with Crippen LogP contribution in [-0.2, 0) is 0 Å².